The van der Waals surface area contributed by atoms with Crippen molar-refractivity contribution in [1.29, 1.82) is 0 Å². The number of nitrogens with one attached hydrogen (secondary N) is 2. The molecule has 84 valence electrons. The van der Waals surface area contributed by atoms with Gasteiger partial charge in [0.25, 0.3) is 0 Å². The minimum Gasteiger partial charge on any atom is -0.345 e. The maximum Gasteiger partial charge on any atom is 0.230 e. The molecule has 1 atom stereocenters. The van der Waals surface area contributed by atoms with E-state index in [4.69, 9.17) is 0 Å². The fourth-order valence-corrected chi connectivity index (χ4v) is 1.51. The molecular weight excluding hydrogens is 214 g/mol. The van der Waals surface area contributed by atoms with Gasteiger partial charge in [0.15, 0.2) is 5.82 Å². The van der Waals surface area contributed by atoms with Crippen LogP contribution in [-0.2, 0) is 4.79 Å². The first kappa shape index (κ1) is 12.0. The number of nitrogens with zero attached hydrogens (tertiary/aromatic N) is 3. The Balaban J connectivity index is 2.32. The highest BCUT2D eigenvalue weighted by Crippen LogP contribution is 2.09. The van der Waals surface area contributed by atoms with Crippen molar-refractivity contribution in [2.24, 2.45) is 0 Å². The van der Waals surface area contributed by atoms with Crippen LogP contribution < -0.4 is 5.32 Å². The fraction of sp³-hybridized carbons (Fsp3) is 0.750. The molecule has 15 heavy (non-hydrogen) atoms. The van der Waals surface area contributed by atoms with E-state index in [1.165, 1.54) is 0 Å². The number of H-pyrrole nitrogens is 1. The molecule has 0 fully saturated rings. The maximum atomic E-state index is 11.4. The first-order valence-corrected chi connectivity index (χ1v) is 5.78. The number of carbonyl (C=O) groups excluding carboxylic acids is 1. The lowest BCUT2D eigenvalue weighted by Crippen LogP contribution is -2.29. The van der Waals surface area contributed by atoms with E-state index in [-0.39, 0.29) is 11.9 Å². The molecule has 1 aromatic heterocycles. The highest BCUT2D eigenvalue weighted by Gasteiger charge is 2.13. The Kier molecular flexibility index (Phi) is 4.54. The lowest BCUT2D eigenvalue weighted by molar-refractivity contribution is -0.119. The summed E-state index contributed by atoms with van der Waals surface area (Å²) in [6, 6.07) is -0.205. The minimum absolute atomic E-state index is 0.00833. The first-order valence-electron chi connectivity index (χ1n) is 4.74. The first-order chi connectivity index (χ1) is 7.09. The summed E-state index contributed by atoms with van der Waals surface area (Å²) in [5.74, 6) is 0.948. The van der Waals surface area contributed by atoms with E-state index in [9.17, 15) is 4.79 Å². The fourth-order valence-electron chi connectivity index (χ4n) is 0.943. The zero-order chi connectivity index (χ0) is 11.3. The van der Waals surface area contributed by atoms with Crippen molar-refractivity contribution in [3.05, 3.63) is 5.82 Å². The van der Waals surface area contributed by atoms with Gasteiger partial charge in [0, 0.05) is 0 Å². The van der Waals surface area contributed by atoms with Gasteiger partial charge in [-0.3, -0.25) is 4.79 Å². The summed E-state index contributed by atoms with van der Waals surface area (Å²) in [7, 11) is 0. The smallest absolute Gasteiger partial charge is 0.230 e. The van der Waals surface area contributed by atoms with Crippen LogP contribution in [0.1, 0.15) is 32.6 Å². The molecule has 0 aromatic carbocycles. The zero-order valence-electron chi connectivity index (χ0n) is 9.02. The van der Waals surface area contributed by atoms with Gasteiger partial charge in [-0.2, -0.15) is 5.21 Å². The number of carbonyl (C=O) groups is 1. The topological polar surface area (TPSA) is 83.6 Å². The van der Waals surface area contributed by atoms with Crippen molar-refractivity contribution >= 4 is 17.7 Å². The van der Waals surface area contributed by atoms with Gasteiger partial charge in [-0.25, -0.2) is 0 Å². The van der Waals surface area contributed by atoms with Gasteiger partial charge in [-0.15, -0.1) is 22.0 Å². The molecule has 1 amide bonds. The monoisotopic (exact) mass is 229 g/mol. The molecule has 2 N–H and O–H groups in total. The van der Waals surface area contributed by atoms with Gasteiger partial charge in [0.05, 0.1) is 11.8 Å². The molecule has 1 unspecified atom stereocenters. The number of aromatic amines is 1. The molecule has 0 spiro atoms. The van der Waals surface area contributed by atoms with Crippen molar-refractivity contribution in [3.63, 3.8) is 0 Å². The molecule has 1 rings (SSSR count). The summed E-state index contributed by atoms with van der Waals surface area (Å²) in [6.45, 7) is 5.93. The average molecular weight is 229 g/mol. The van der Waals surface area contributed by atoms with E-state index in [0.717, 1.165) is 0 Å². The largest absolute Gasteiger partial charge is 0.345 e. The Labute approximate surface area is 92.6 Å². The number of amides is 1. The lowest BCUT2D eigenvalue weighted by Gasteiger charge is -2.10. The van der Waals surface area contributed by atoms with Gasteiger partial charge in [0.2, 0.25) is 5.91 Å². The van der Waals surface area contributed by atoms with Crippen LogP contribution in [0.15, 0.2) is 0 Å². The number of aromatic nitrogens is 4. The Morgan fingerprint density at radius 2 is 2.27 bits per heavy atom. The number of hydrogen-bond acceptors (Lipinski definition) is 5. The Morgan fingerprint density at radius 3 is 2.80 bits per heavy atom. The number of rotatable bonds is 5. The molecule has 1 heterocycles. The normalized spacial score (nSPS) is 12.8. The Bertz CT molecular complexity index is 300. The summed E-state index contributed by atoms with van der Waals surface area (Å²) in [6.07, 6.45) is 0. The molecule has 1 aromatic rings. The third-order valence-corrected chi connectivity index (χ3v) is 2.77. The highest BCUT2D eigenvalue weighted by molar-refractivity contribution is 8.00. The highest BCUT2D eigenvalue weighted by atomic mass is 32.2. The summed E-state index contributed by atoms with van der Waals surface area (Å²) >= 11 is 1.60. The zero-order valence-corrected chi connectivity index (χ0v) is 9.84. The molecule has 0 aliphatic heterocycles. The van der Waals surface area contributed by atoms with E-state index < -0.39 is 0 Å². The predicted octanol–water partition coefficient (Wildman–Crippen LogP) is 0.518. The Morgan fingerprint density at radius 1 is 1.53 bits per heavy atom. The molecule has 0 radical (unpaired) electrons. The van der Waals surface area contributed by atoms with E-state index in [0.29, 0.717) is 16.8 Å². The summed E-state index contributed by atoms with van der Waals surface area (Å²) < 4.78 is 0. The van der Waals surface area contributed by atoms with Crippen molar-refractivity contribution in [3.8, 4) is 0 Å². The van der Waals surface area contributed by atoms with Crippen LogP contribution in [0.25, 0.3) is 0 Å². The molecule has 0 aliphatic rings. The van der Waals surface area contributed by atoms with Crippen LogP contribution in [0.2, 0.25) is 0 Å². The van der Waals surface area contributed by atoms with E-state index in [2.05, 4.69) is 39.8 Å². The molecule has 0 aliphatic carbocycles. The second-order valence-electron chi connectivity index (χ2n) is 3.42. The van der Waals surface area contributed by atoms with Gasteiger partial charge < -0.3 is 5.32 Å². The number of thioether (sulfide) groups is 1. The molecular formula is C8H15N5OS. The standard InChI is InChI=1S/C8H15N5OS/c1-5(2)15-4-7(14)9-6(3)8-10-12-13-11-8/h5-6H,4H2,1-3H3,(H,9,14)(H,10,11,12,13). The Hall–Kier alpha value is -1.11. The quantitative estimate of drug-likeness (QED) is 0.769. The third kappa shape index (κ3) is 4.28. The number of tetrazole rings is 1. The van der Waals surface area contributed by atoms with Crippen molar-refractivity contribution < 1.29 is 4.79 Å². The molecule has 0 saturated heterocycles. The predicted molar refractivity (Wildman–Crippen MR) is 58.3 cm³/mol. The van der Waals surface area contributed by atoms with Crippen LogP contribution in [0, 0.1) is 0 Å². The second kappa shape index (κ2) is 5.69. The van der Waals surface area contributed by atoms with E-state index in [1.807, 2.05) is 6.92 Å². The molecule has 6 nitrogen and oxygen atoms in total. The van der Waals surface area contributed by atoms with Gasteiger partial charge in [-0.05, 0) is 12.2 Å². The van der Waals surface area contributed by atoms with Crippen molar-refractivity contribution in [2.45, 2.75) is 32.1 Å². The van der Waals surface area contributed by atoms with Crippen LogP contribution in [-0.4, -0.2) is 37.5 Å². The average Bonchev–Trinajstić information content (AvgIpc) is 2.67. The molecule has 0 saturated carbocycles. The SMILES string of the molecule is CC(C)SCC(=O)NC(C)c1nn[nH]n1. The summed E-state index contributed by atoms with van der Waals surface area (Å²) in [5.41, 5.74) is 0. The summed E-state index contributed by atoms with van der Waals surface area (Å²) in [5, 5.41) is 16.6. The lowest BCUT2D eigenvalue weighted by atomic mass is 10.3. The third-order valence-electron chi connectivity index (χ3n) is 1.67. The van der Waals surface area contributed by atoms with Gasteiger partial charge >= 0.3 is 0 Å². The second-order valence-corrected chi connectivity index (χ2v) is 4.98. The van der Waals surface area contributed by atoms with Crippen LogP contribution in [0.5, 0.6) is 0 Å². The van der Waals surface area contributed by atoms with Gasteiger partial charge in [0.1, 0.15) is 0 Å². The molecule has 7 heteroatoms. The van der Waals surface area contributed by atoms with Crippen LogP contribution in [0.4, 0.5) is 0 Å². The molecule has 0 bridgehead atoms. The van der Waals surface area contributed by atoms with Crippen LogP contribution >= 0.6 is 11.8 Å². The summed E-state index contributed by atoms with van der Waals surface area (Å²) in [4.78, 5) is 11.4. The van der Waals surface area contributed by atoms with Gasteiger partial charge in [-0.1, -0.05) is 19.1 Å². The van der Waals surface area contributed by atoms with E-state index >= 15 is 0 Å². The number of hydrogen-bond donors (Lipinski definition) is 2. The van der Waals surface area contributed by atoms with Crippen LogP contribution in [0.3, 0.4) is 0 Å². The van der Waals surface area contributed by atoms with E-state index in [1.54, 1.807) is 11.8 Å². The minimum atomic E-state index is -0.205. The maximum absolute atomic E-state index is 11.4. The van der Waals surface area contributed by atoms with Crippen molar-refractivity contribution in [2.75, 3.05) is 5.75 Å². The van der Waals surface area contributed by atoms with Crippen molar-refractivity contribution in [1.82, 2.24) is 25.9 Å².